The van der Waals surface area contributed by atoms with Crippen LogP contribution < -0.4 is 0 Å². The molecule has 0 amide bonds. The zero-order valence-electron chi connectivity index (χ0n) is 7.53. The highest BCUT2D eigenvalue weighted by Crippen LogP contribution is 2.10. The fraction of sp³-hybridized carbons (Fsp3) is 0.333. The van der Waals surface area contributed by atoms with Gasteiger partial charge in [-0.15, -0.1) is 0 Å². The number of hydrogen-bond acceptors (Lipinski definition) is 3. The summed E-state index contributed by atoms with van der Waals surface area (Å²) in [6.45, 7) is 0.358. The molecular weight excluding hydrogens is 186 g/mol. The normalized spacial score (nSPS) is 15.2. The van der Waals surface area contributed by atoms with Crippen molar-refractivity contribution >= 4 is 9.73 Å². The average molecular weight is 199 g/mol. The van der Waals surface area contributed by atoms with Crippen molar-refractivity contribution in [2.24, 2.45) is 0 Å². The van der Waals surface area contributed by atoms with Gasteiger partial charge >= 0.3 is 0 Å². The molecule has 0 aliphatic carbocycles. The zero-order valence-corrected chi connectivity index (χ0v) is 8.34. The zero-order chi connectivity index (χ0) is 9.73. The van der Waals surface area contributed by atoms with Crippen LogP contribution in [0.25, 0.3) is 0 Å². The van der Waals surface area contributed by atoms with Gasteiger partial charge < -0.3 is 4.74 Å². The highest BCUT2D eigenvalue weighted by Gasteiger charge is 2.07. The lowest BCUT2D eigenvalue weighted by Gasteiger charge is -2.05. The van der Waals surface area contributed by atoms with Crippen LogP contribution >= 0.6 is 0 Å². The first-order valence-corrected chi connectivity index (χ1v) is 5.70. The summed E-state index contributed by atoms with van der Waals surface area (Å²) in [6.07, 6.45) is 0. The molecule has 0 aromatic heterocycles. The van der Waals surface area contributed by atoms with Gasteiger partial charge in [-0.3, -0.25) is 0 Å². The van der Waals surface area contributed by atoms with E-state index in [1.807, 2.05) is 6.07 Å². The topological polar surface area (TPSA) is 50.1 Å². The predicted molar refractivity (Wildman–Crippen MR) is 52.3 cm³/mol. The van der Waals surface area contributed by atoms with Crippen molar-refractivity contribution in [1.29, 1.82) is 4.78 Å². The number of methoxy groups -OCH3 is 1. The molecule has 1 aromatic rings. The van der Waals surface area contributed by atoms with E-state index in [0.717, 1.165) is 0 Å². The lowest BCUT2D eigenvalue weighted by molar-refractivity contribution is 0.217. The quantitative estimate of drug-likeness (QED) is 0.803. The van der Waals surface area contributed by atoms with Crippen LogP contribution in [0.4, 0.5) is 0 Å². The molecule has 0 spiro atoms. The third-order valence-corrected chi connectivity index (χ3v) is 3.47. The van der Waals surface area contributed by atoms with Gasteiger partial charge in [0.1, 0.15) is 0 Å². The van der Waals surface area contributed by atoms with E-state index < -0.39 is 9.73 Å². The molecule has 0 bridgehead atoms. The van der Waals surface area contributed by atoms with Gasteiger partial charge in [0.15, 0.2) is 0 Å². The summed E-state index contributed by atoms with van der Waals surface area (Å²) in [6, 6.07) is 8.85. The van der Waals surface area contributed by atoms with Gasteiger partial charge in [0, 0.05) is 12.0 Å². The largest absolute Gasteiger partial charge is 0.384 e. The fourth-order valence-corrected chi connectivity index (χ4v) is 2.19. The molecule has 0 heterocycles. The monoisotopic (exact) mass is 199 g/mol. The Morgan fingerprint density at radius 3 is 2.54 bits per heavy atom. The molecule has 1 unspecified atom stereocenters. The molecule has 0 aliphatic rings. The Bertz CT molecular complexity index is 345. The molecule has 4 heteroatoms. The highest BCUT2D eigenvalue weighted by molar-refractivity contribution is 7.92. The van der Waals surface area contributed by atoms with E-state index in [9.17, 15) is 4.21 Å². The van der Waals surface area contributed by atoms with E-state index in [2.05, 4.69) is 0 Å². The van der Waals surface area contributed by atoms with Crippen LogP contribution in [0.2, 0.25) is 0 Å². The van der Waals surface area contributed by atoms with Gasteiger partial charge in [0.25, 0.3) is 0 Å². The van der Waals surface area contributed by atoms with Crippen molar-refractivity contribution in [3.63, 3.8) is 0 Å². The summed E-state index contributed by atoms with van der Waals surface area (Å²) in [4.78, 5) is 0.576. The van der Waals surface area contributed by atoms with Gasteiger partial charge in [0.2, 0.25) is 0 Å². The molecule has 3 nitrogen and oxygen atoms in total. The molecule has 1 aromatic carbocycles. The summed E-state index contributed by atoms with van der Waals surface area (Å²) in [5.74, 6) is 0.257. The molecule has 0 radical (unpaired) electrons. The second kappa shape index (κ2) is 4.39. The summed E-state index contributed by atoms with van der Waals surface area (Å²) < 4.78 is 24.2. The van der Waals surface area contributed by atoms with E-state index in [1.54, 1.807) is 31.4 Å². The van der Waals surface area contributed by atoms with E-state index in [4.69, 9.17) is 9.52 Å². The Balaban J connectivity index is 2.83. The average Bonchev–Trinajstić information content (AvgIpc) is 2.16. The number of benzene rings is 1. The fourth-order valence-electron chi connectivity index (χ4n) is 0.959. The van der Waals surface area contributed by atoms with Crippen molar-refractivity contribution in [1.82, 2.24) is 0 Å². The lowest BCUT2D eigenvalue weighted by atomic mass is 10.4. The first kappa shape index (κ1) is 10.2. The van der Waals surface area contributed by atoms with Crippen molar-refractivity contribution in [3.05, 3.63) is 30.3 Å². The summed E-state index contributed by atoms with van der Waals surface area (Å²) in [5.41, 5.74) is 0. The van der Waals surface area contributed by atoms with E-state index in [1.165, 1.54) is 0 Å². The summed E-state index contributed by atoms with van der Waals surface area (Å²) in [7, 11) is -1.11. The Kier molecular flexibility index (Phi) is 3.45. The minimum atomic E-state index is -2.65. The minimum Gasteiger partial charge on any atom is -0.384 e. The first-order chi connectivity index (χ1) is 6.17. The second-order valence-corrected chi connectivity index (χ2v) is 4.92. The van der Waals surface area contributed by atoms with E-state index in [0.29, 0.717) is 11.5 Å². The standard InChI is InChI=1S/C9H13NO2S/c1-12-7-8-13(10,11)9-5-3-2-4-6-9/h2-6,10H,7-8H2,1H3. The maximum Gasteiger partial charge on any atom is 0.0748 e. The van der Waals surface area contributed by atoms with Gasteiger partial charge in [-0.2, -0.15) is 0 Å². The Morgan fingerprint density at radius 2 is 2.00 bits per heavy atom. The first-order valence-electron chi connectivity index (χ1n) is 3.97. The Labute approximate surface area is 78.7 Å². The van der Waals surface area contributed by atoms with Crippen molar-refractivity contribution in [2.75, 3.05) is 19.5 Å². The van der Waals surface area contributed by atoms with E-state index >= 15 is 0 Å². The molecule has 0 saturated carbocycles. The number of rotatable bonds is 4. The number of ether oxygens (including phenoxy) is 1. The van der Waals surface area contributed by atoms with Crippen LogP contribution in [0.3, 0.4) is 0 Å². The molecule has 72 valence electrons. The van der Waals surface area contributed by atoms with Gasteiger partial charge in [-0.1, -0.05) is 18.2 Å². The number of hydrogen-bond donors (Lipinski definition) is 1. The lowest BCUT2D eigenvalue weighted by Crippen LogP contribution is -2.09. The van der Waals surface area contributed by atoms with Crippen LogP contribution in [0.1, 0.15) is 0 Å². The van der Waals surface area contributed by atoms with Crippen molar-refractivity contribution in [2.45, 2.75) is 4.90 Å². The van der Waals surface area contributed by atoms with Gasteiger partial charge in [0.05, 0.1) is 22.1 Å². The van der Waals surface area contributed by atoms with Crippen LogP contribution in [-0.4, -0.2) is 23.7 Å². The van der Waals surface area contributed by atoms with Crippen LogP contribution in [0, 0.1) is 4.78 Å². The van der Waals surface area contributed by atoms with E-state index in [-0.39, 0.29) is 5.75 Å². The minimum absolute atomic E-state index is 0.257. The second-order valence-electron chi connectivity index (χ2n) is 2.69. The SMILES string of the molecule is COCCS(=N)(=O)c1ccccc1. The maximum absolute atomic E-state index is 11.7. The van der Waals surface area contributed by atoms with Crippen LogP contribution in [0.5, 0.6) is 0 Å². The molecule has 1 atom stereocenters. The van der Waals surface area contributed by atoms with Crippen LogP contribution in [-0.2, 0) is 14.5 Å². The summed E-state index contributed by atoms with van der Waals surface area (Å²) in [5, 5.41) is 0. The highest BCUT2D eigenvalue weighted by atomic mass is 32.2. The van der Waals surface area contributed by atoms with Gasteiger partial charge in [-0.25, -0.2) is 8.99 Å². The Hall–Kier alpha value is -0.870. The van der Waals surface area contributed by atoms with Crippen molar-refractivity contribution < 1.29 is 8.95 Å². The summed E-state index contributed by atoms with van der Waals surface area (Å²) >= 11 is 0. The Morgan fingerprint density at radius 1 is 1.38 bits per heavy atom. The van der Waals surface area contributed by atoms with Gasteiger partial charge in [-0.05, 0) is 12.1 Å². The number of nitrogens with one attached hydrogen (secondary N) is 1. The smallest absolute Gasteiger partial charge is 0.0748 e. The predicted octanol–water partition coefficient (Wildman–Crippen LogP) is 1.74. The molecular formula is C9H13NO2S. The molecule has 1 N–H and O–H groups in total. The van der Waals surface area contributed by atoms with Crippen LogP contribution in [0.15, 0.2) is 35.2 Å². The maximum atomic E-state index is 11.7. The third kappa shape index (κ3) is 2.82. The molecule has 0 fully saturated rings. The molecule has 13 heavy (non-hydrogen) atoms. The molecule has 1 rings (SSSR count). The molecule has 0 aliphatic heterocycles. The molecule has 0 saturated heterocycles. The van der Waals surface area contributed by atoms with Crippen molar-refractivity contribution in [3.8, 4) is 0 Å². The third-order valence-electron chi connectivity index (χ3n) is 1.70.